The summed E-state index contributed by atoms with van der Waals surface area (Å²) in [7, 11) is 3.10. The summed E-state index contributed by atoms with van der Waals surface area (Å²) in [5.41, 5.74) is -0.795. The van der Waals surface area contributed by atoms with Gasteiger partial charge in [-0.05, 0) is 50.5 Å². The van der Waals surface area contributed by atoms with Crippen LogP contribution in [0.1, 0.15) is 78.8 Å². The van der Waals surface area contributed by atoms with Crippen LogP contribution in [0.4, 0.5) is 4.79 Å². The van der Waals surface area contributed by atoms with Crippen LogP contribution in [-0.2, 0) is 28.8 Å². The summed E-state index contributed by atoms with van der Waals surface area (Å²) in [5, 5.41) is 13.2. The minimum absolute atomic E-state index is 0.0286. The number of carbonyl (C=O) groups is 7. The number of rotatable bonds is 14. The van der Waals surface area contributed by atoms with Gasteiger partial charge in [0.05, 0.1) is 12.6 Å². The van der Waals surface area contributed by atoms with Crippen molar-refractivity contribution in [1.82, 2.24) is 36.4 Å². The average molecular weight is 767 g/mol. The van der Waals surface area contributed by atoms with Gasteiger partial charge in [0.25, 0.3) is 5.91 Å². The Morgan fingerprint density at radius 1 is 0.904 bits per heavy atom. The lowest BCUT2D eigenvalue weighted by Crippen LogP contribution is -2.61. The lowest BCUT2D eigenvalue weighted by atomic mass is 9.85. The molecular formula is C36H53Cl2N7O7. The Hall–Kier alpha value is -3.91. The van der Waals surface area contributed by atoms with Gasteiger partial charge in [0.2, 0.25) is 29.4 Å². The highest BCUT2D eigenvalue weighted by Crippen LogP contribution is 2.35. The van der Waals surface area contributed by atoms with Gasteiger partial charge in [0.1, 0.15) is 23.0 Å². The summed E-state index contributed by atoms with van der Waals surface area (Å²) in [6, 6.07) is 3.66. The maximum Gasteiger partial charge on any atom is 0.315 e. The van der Waals surface area contributed by atoms with Crippen molar-refractivity contribution in [2.24, 2.45) is 17.3 Å². The highest BCUT2D eigenvalue weighted by molar-refractivity contribution is 6.44. The first kappa shape index (κ1) is 42.5. The number of nitrogens with one attached hydrogen (secondary N) is 5. The first-order valence-electron chi connectivity index (χ1n) is 17.4. The molecule has 0 spiro atoms. The first-order chi connectivity index (χ1) is 24.1. The van der Waals surface area contributed by atoms with Crippen LogP contribution in [0.2, 0.25) is 0 Å². The van der Waals surface area contributed by atoms with E-state index in [4.69, 9.17) is 23.2 Å². The van der Waals surface area contributed by atoms with Gasteiger partial charge in [-0.3, -0.25) is 28.8 Å². The molecule has 5 N–H and O–H groups in total. The van der Waals surface area contributed by atoms with Crippen molar-refractivity contribution in [2.45, 2.75) is 102 Å². The minimum atomic E-state index is -1.23. The van der Waals surface area contributed by atoms with E-state index in [0.717, 1.165) is 12.8 Å². The minimum Gasteiger partial charge on any atom is -0.347 e. The van der Waals surface area contributed by atoms with Gasteiger partial charge in [-0.25, -0.2) is 4.79 Å². The van der Waals surface area contributed by atoms with Gasteiger partial charge in [0.15, 0.2) is 0 Å². The number of hydrogen-bond acceptors (Lipinski definition) is 7. The SMILES string of the molecule is CN(C)C(=O)C(NC(=O)CNC(=O)C(=O)C(CC1CC1)NC(=O)[C@@H]1C[C@@H](C(Cl)Cl)CN1C(=O)[C@@H](NC(=O)NC(C)(C)C)C(C)(C)C)c1ccccc1. The summed E-state index contributed by atoms with van der Waals surface area (Å²) in [5.74, 6) is -4.70. The molecule has 1 saturated heterocycles. The lowest BCUT2D eigenvalue weighted by Gasteiger charge is -2.36. The van der Waals surface area contributed by atoms with Gasteiger partial charge >= 0.3 is 6.03 Å². The number of halogens is 2. The van der Waals surface area contributed by atoms with E-state index in [1.807, 2.05) is 0 Å². The van der Waals surface area contributed by atoms with Crippen LogP contribution < -0.4 is 26.6 Å². The van der Waals surface area contributed by atoms with Crippen LogP contribution in [0, 0.1) is 17.3 Å². The molecule has 1 aromatic rings. The molecule has 7 amide bonds. The summed E-state index contributed by atoms with van der Waals surface area (Å²) < 4.78 is 0. The Kier molecular flexibility index (Phi) is 14.5. The molecule has 0 radical (unpaired) electrons. The summed E-state index contributed by atoms with van der Waals surface area (Å²) in [6.45, 7) is 10.2. The predicted octanol–water partition coefficient (Wildman–Crippen LogP) is 2.44. The van der Waals surface area contributed by atoms with Crippen molar-refractivity contribution < 1.29 is 33.6 Å². The highest BCUT2D eigenvalue weighted by atomic mass is 35.5. The second kappa shape index (κ2) is 17.7. The Balaban J connectivity index is 1.74. The molecule has 1 aliphatic heterocycles. The van der Waals surface area contributed by atoms with Gasteiger partial charge in [0, 0.05) is 32.1 Å². The Morgan fingerprint density at radius 3 is 2.04 bits per heavy atom. The Morgan fingerprint density at radius 2 is 1.52 bits per heavy atom. The standard InChI is InChI=1S/C36H53Cl2N7O7/c1-35(2,3)28(42-34(52)43-36(4,5)6)33(51)45-19-22(29(37)38)17-24(45)30(48)40-23(16-20-14-15-20)27(47)31(49)39-18-25(46)41-26(32(50)44(7)8)21-12-10-9-11-13-21/h9-13,20,22-24,26,28-29H,14-19H2,1-8H3,(H,39,49)(H,40,48)(H,41,46)(H2,42,43,52)/t22-,23?,24+,26?,28-/m1/s1. The fourth-order valence-electron chi connectivity index (χ4n) is 5.86. The van der Waals surface area contributed by atoms with Crippen LogP contribution >= 0.6 is 23.2 Å². The van der Waals surface area contributed by atoms with E-state index in [-0.39, 0.29) is 31.2 Å². The maximum absolute atomic E-state index is 14.1. The second-order valence-electron chi connectivity index (χ2n) is 15.9. The van der Waals surface area contributed by atoms with E-state index >= 15 is 0 Å². The third kappa shape index (κ3) is 12.4. The van der Waals surface area contributed by atoms with Gasteiger partial charge in [-0.2, -0.15) is 0 Å². The van der Waals surface area contributed by atoms with E-state index in [1.165, 1.54) is 9.80 Å². The number of hydrogen-bond donors (Lipinski definition) is 5. The van der Waals surface area contributed by atoms with Crippen molar-refractivity contribution in [2.75, 3.05) is 27.2 Å². The van der Waals surface area contributed by atoms with Gasteiger partial charge in [-0.15, -0.1) is 23.2 Å². The molecule has 288 valence electrons. The molecule has 1 saturated carbocycles. The fraction of sp³-hybridized carbons (Fsp3) is 0.639. The molecule has 2 fully saturated rings. The van der Waals surface area contributed by atoms with Gasteiger partial charge < -0.3 is 36.4 Å². The molecule has 1 aromatic carbocycles. The monoisotopic (exact) mass is 765 g/mol. The molecule has 1 aliphatic carbocycles. The molecule has 2 unspecified atom stereocenters. The number of likely N-dealkylation sites (tertiary alicyclic amines) is 1. The number of urea groups is 1. The van der Waals surface area contributed by atoms with E-state index in [9.17, 15) is 33.6 Å². The van der Waals surface area contributed by atoms with E-state index in [0.29, 0.717) is 5.56 Å². The number of amides is 7. The predicted molar refractivity (Wildman–Crippen MR) is 197 cm³/mol. The first-order valence-corrected chi connectivity index (χ1v) is 18.3. The highest BCUT2D eigenvalue weighted by Gasteiger charge is 2.47. The lowest BCUT2D eigenvalue weighted by molar-refractivity contribution is -0.144. The summed E-state index contributed by atoms with van der Waals surface area (Å²) in [6.07, 6.45) is 1.91. The largest absolute Gasteiger partial charge is 0.347 e. The molecular weight excluding hydrogens is 713 g/mol. The molecule has 14 nitrogen and oxygen atoms in total. The van der Waals surface area contributed by atoms with Crippen molar-refractivity contribution in [1.29, 1.82) is 0 Å². The molecule has 0 bridgehead atoms. The molecule has 1 heterocycles. The fourth-order valence-corrected chi connectivity index (χ4v) is 6.23. The van der Waals surface area contributed by atoms with Gasteiger partial charge in [-0.1, -0.05) is 63.9 Å². The molecule has 16 heteroatoms. The Bertz CT molecular complexity index is 1490. The Labute approximate surface area is 315 Å². The smallest absolute Gasteiger partial charge is 0.315 e. The summed E-state index contributed by atoms with van der Waals surface area (Å²) >= 11 is 12.5. The normalized spacial score (nSPS) is 19.2. The third-order valence-corrected chi connectivity index (χ3v) is 9.52. The van der Waals surface area contributed by atoms with Crippen molar-refractivity contribution in [3.8, 4) is 0 Å². The molecule has 0 aromatic heterocycles. The van der Waals surface area contributed by atoms with Crippen LogP contribution in [0.15, 0.2) is 30.3 Å². The number of carbonyl (C=O) groups excluding carboxylic acids is 7. The average Bonchev–Trinajstić information content (AvgIpc) is 3.75. The molecule has 52 heavy (non-hydrogen) atoms. The third-order valence-electron chi connectivity index (χ3n) is 8.81. The van der Waals surface area contributed by atoms with Crippen molar-refractivity contribution in [3.05, 3.63) is 35.9 Å². The zero-order valence-electron chi connectivity index (χ0n) is 31.2. The zero-order valence-corrected chi connectivity index (χ0v) is 32.7. The number of nitrogens with zero attached hydrogens (tertiary/aromatic N) is 2. The number of benzene rings is 1. The van der Waals surface area contributed by atoms with E-state index < -0.39 is 87.9 Å². The topological polar surface area (TPSA) is 186 Å². The van der Waals surface area contributed by atoms with Crippen molar-refractivity contribution >= 4 is 64.6 Å². The maximum atomic E-state index is 14.1. The number of ketones is 1. The summed E-state index contributed by atoms with van der Waals surface area (Å²) in [4.78, 5) is 94.9. The van der Waals surface area contributed by atoms with Crippen LogP contribution in [0.25, 0.3) is 0 Å². The zero-order chi connectivity index (χ0) is 39.1. The molecule has 2 aliphatic rings. The van der Waals surface area contributed by atoms with Crippen LogP contribution in [0.3, 0.4) is 0 Å². The van der Waals surface area contributed by atoms with Crippen LogP contribution in [-0.4, -0.2) is 107 Å². The van der Waals surface area contributed by atoms with E-state index in [1.54, 1.807) is 86.0 Å². The number of likely N-dealkylation sites (N-methyl/N-ethyl adjacent to an activating group) is 1. The van der Waals surface area contributed by atoms with Crippen molar-refractivity contribution in [3.63, 3.8) is 0 Å². The second-order valence-corrected chi connectivity index (χ2v) is 17.1. The quantitative estimate of drug-likeness (QED) is 0.142. The molecule has 3 rings (SSSR count). The van der Waals surface area contributed by atoms with E-state index in [2.05, 4.69) is 26.6 Å². The van der Waals surface area contributed by atoms with Crippen LogP contribution in [0.5, 0.6) is 0 Å². The number of alkyl halides is 2. The molecule has 5 atom stereocenters. The number of Topliss-reactive ketones (excluding diaryl/α,β-unsaturated/α-hetero) is 1.